The van der Waals surface area contributed by atoms with E-state index in [0.717, 1.165) is 115 Å². The molecule has 0 spiro atoms. The van der Waals surface area contributed by atoms with Gasteiger partial charge in [-0.15, -0.1) is 0 Å². The van der Waals surface area contributed by atoms with Gasteiger partial charge in [-0.25, -0.2) is 9.13 Å². The third-order valence-electron chi connectivity index (χ3n) is 18.0. The first kappa shape index (κ1) is 92.1. The maximum atomic E-state index is 13.1. The highest BCUT2D eigenvalue weighted by Gasteiger charge is 2.30. The molecule has 0 aliphatic heterocycles. The topological polar surface area (TPSA) is 237 Å². The van der Waals surface area contributed by atoms with Crippen LogP contribution in [0.2, 0.25) is 0 Å². The molecule has 3 N–H and O–H groups in total. The highest BCUT2D eigenvalue weighted by atomic mass is 31.2. The summed E-state index contributed by atoms with van der Waals surface area (Å²) in [4.78, 5) is 72.7. The third-order valence-corrected chi connectivity index (χ3v) is 19.9. The molecular weight excluding hydrogens is 1230 g/mol. The molecule has 0 fully saturated rings. The largest absolute Gasteiger partial charge is 0.472 e. The molecule has 0 heterocycles. The first-order valence-corrected chi connectivity index (χ1v) is 41.8. The van der Waals surface area contributed by atoms with Crippen LogP contribution in [-0.4, -0.2) is 96.7 Å². The van der Waals surface area contributed by atoms with E-state index in [0.29, 0.717) is 37.5 Å². The number of unbranched alkanes of at least 4 members (excludes halogenated alkanes) is 36. The second-order valence-electron chi connectivity index (χ2n) is 28.5. The number of aliphatic hydroxyl groups excluding tert-OH is 1. The first-order valence-electron chi connectivity index (χ1n) is 38.8. The fourth-order valence-electron chi connectivity index (χ4n) is 11.3. The number of carbonyl (C=O) groups excluding carboxylic acids is 4. The van der Waals surface area contributed by atoms with Gasteiger partial charge in [-0.1, -0.05) is 325 Å². The van der Waals surface area contributed by atoms with Crippen LogP contribution in [0.4, 0.5) is 0 Å². The van der Waals surface area contributed by atoms with Gasteiger partial charge in [0.15, 0.2) is 12.2 Å². The van der Waals surface area contributed by atoms with Crippen molar-refractivity contribution in [2.75, 3.05) is 39.6 Å². The van der Waals surface area contributed by atoms with E-state index in [9.17, 15) is 43.2 Å². The molecule has 17 nitrogen and oxygen atoms in total. The van der Waals surface area contributed by atoms with Crippen LogP contribution in [0.15, 0.2) is 0 Å². The van der Waals surface area contributed by atoms with E-state index in [1.165, 1.54) is 167 Å². The van der Waals surface area contributed by atoms with E-state index in [4.69, 9.17) is 37.0 Å². The van der Waals surface area contributed by atoms with Crippen molar-refractivity contribution in [3.8, 4) is 0 Å². The van der Waals surface area contributed by atoms with E-state index < -0.39 is 97.5 Å². The van der Waals surface area contributed by atoms with E-state index >= 15 is 0 Å². The Kier molecular flexibility index (Phi) is 63.1. The fraction of sp³-hybridized carbons (Fsp3) is 0.947. The summed E-state index contributed by atoms with van der Waals surface area (Å²) in [7, 11) is -9.91. The Morgan fingerprint density at radius 1 is 0.298 bits per heavy atom. The van der Waals surface area contributed by atoms with E-state index in [-0.39, 0.29) is 25.7 Å². The van der Waals surface area contributed by atoms with E-state index in [2.05, 4.69) is 55.4 Å². The van der Waals surface area contributed by atoms with Gasteiger partial charge >= 0.3 is 39.5 Å². The minimum absolute atomic E-state index is 0.104. The molecule has 0 saturated heterocycles. The zero-order valence-corrected chi connectivity index (χ0v) is 63.4. The van der Waals surface area contributed by atoms with Crippen LogP contribution in [-0.2, 0) is 65.4 Å². The number of carbonyl (C=O) groups is 4. The Bertz CT molecular complexity index is 1850. The predicted octanol–water partition coefficient (Wildman–Crippen LogP) is 21.7. The molecule has 7 atom stereocenters. The van der Waals surface area contributed by atoms with E-state index in [1.807, 2.05) is 0 Å². The first-order chi connectivity index (χ1) is 45.2. The summed E-state index contributed by atoms with van der Waals surface area (Å²) in [6, 6.07) is 0. The van der Waals surface area contributed by atoms with Crippen LogP contribution in [0, 0.1) is 23.7 Å². The molecule has 0 aliphatic carbocycles. The van der Waals surface area contributed by atoms with Gasteiger partial charge in [0.05, 0.1) is 26.4 Å². The van der Waals surface area contributed by atoms with Crippen LogP contribution >= 0.6 is 15.6 Å². The van der Waals surface area contributed by atoms with Crippen molar-refractivity contribution in [1.82, 2.24) is 0 Å². The van der Waals surface area contributed by atoms with Crippen molar-refractivity contribution in [3.63, 3.8) is 0 Å². The quantitative estimate of drug-likeness (QED) is 0.0222. The summed E-state index contributed by atoms with van der Waals surface area (Å²) < 4.78 is 68.4. The normalized spacial score (nSPS) is 14.7. The molecular formula is C75H146O17P2. The van der Waals surface area contributed by atoms with Gasteiger partial charge in [-0.3, -0.25) is 37.3 Å². The number of esters is 4. The maximum Gasteiger partial charge on any atom is 0.472 e. The molecule has 19 heteroatoms. The monoisotopic (exact) mass is 1380 g/mol. The minimum Gasteiger partial charge on any atom is -0.462 e. The van der Waals surface area contributed by atoms with Crippen molar-refractivity contribution >= 4 is 39.5 Å². The summed E-state index contributed by atoms with van der Waals surface area (Å²) in [6.07, 6.45) is 48.8. The second-order valence-corrected chi connectivity index (χ2v) is 31.4. The average Bonchev–Trinajstić information content (AvgIpc) is 3.00. The van der Waals surface area contributed by atoms with Crippen molar-refractivity contribution < 1.29 is 80.2 Å². The van der Waals surface area contributed by atoms with Crippen LogP contribution in [0.1, 0.15) is 376 Å². The molecule has 0 aliphatic rings. The lowest BCUT2D eigenvalue weighted by Gasteiger charge is -2.21. The lowest BCUT2D eigenvalue weighted by Crippen LogP contribution is -2.30. The van der Waals surface area contributed by atoms with Crippen molar-refractivity contribution in [1.29, 1.82) is 0 Å². The predicted molar refractivity (Wildman–Crippen MR) is 381 cm³/mol. The Morgan fingerprint density at radius 2 is 0.511 bits per heavy atom. The van der Waals surface area contributed by atoms with Gasteiger partial charge in [-0.2, -0.15) is 0 Å². The number of ether oxygens (including phenoxy) is 4. The van der Waals surface area contributed by atoms with Gasteiger partial charge in [0.1, 0.15) is 19.3 Å². The molecule has 558 valence electrons. The zero-order chi connectivity index (χ0) is 69.6. The summed E-state index contributed by atoms with van der Waals surface area (Å²) >= 11 is 0. The highest BCUT2D eigenvalue weighted by Crippen LogP contribution is 2.45. The molecule has 0 saturated carbocycles. The lowest BCUT2D eigenvalue weighted by atomic mass is 9.99. The molecule has 0 amide bonds. The maximum absolute atomic E-state index is 13.1. The second kappa shape index (κ2) is 64.4. The third kappa shape index (κ3) is 66.0. The fourth-order valence-corrected chi connectivity index (χ4v) is 12.9. The Hall–Kier alpha value is -1.94. The number of phosphoric ester groups is 2. The van der Waals surface area contributed by atoms with E-state index in [1.54, 1.807) is 0 Å². The van der Waals surface area contributed by atoms with Gasteiger partial charge in [0.2, 0.25) is 0 Å². The summed E-state index contributed by atoms with van der Waals surface area (Å²) in [5.41, 5.74) is 0. The number of hydrogen-bond donors (Lipinski definition) is 3. The summed E-state index contributed by atoms with van der Waals surface area (Å²) in [6.45, 7) is 14.1. The van der Waals surface area contributed by atoms with Crippen molar-refractivity contribution in [2.45, 2.75) is 395 Å². The molecule has 0 rings (SSSR count). The van der Waals surface area contributed by atoms with Gasteiger partial charge in [0, 0.05) is 25.7 Å². The Labute approximate surface area is 575 Å². The molecule has 0 aromatic carbocycles. The Morgan fingerprint density at radius 3 is 0.755 bits per heavy atom. The smallest absolute Gasteiger partial charge is 0.462 e. The average molecular weight is 1380 g/mol. The summed E-state index contributed by atoms with van der Waals surface area (Å²) in [5.74, 6) is 0.923. The Balaban J connectivity index is 5.16. The molecule has 0 radical (unpaired) electrons. The molecule has 94 heavy (non-hydrogen) atoms. The van der Waals surface area contributed by atoms with Crippen molar-refractivity contribution in [2.24, 2.45) is 23.7 Å². The number of rotatable bonds is 72. The standard InChI is InChI=1S/C75H146O17P2/c1-9-67(7)53-45-37-29-21-19-17-15-13-11-12-14-16-18-20-22-31-41-49-57-74(79)91-70(61-85-72(77)55-47-39-33-25-27-35-43-51-65(3)4)63-89-93(81,82)87-59-69(76)60-88-94(83,84)90-64-71(62-86-73(78)56-48-40-34-26-28-36-44-52-66(5)6)92-75(80)58-50-42-32-24-23-30-38-46-54-68(8)10-2/h65-71,76H,9-64H2,1-8H3,(H,81,82)(H,83,84)/t67?,68?,69?,70-,71-/m1/s1. The lowest BCUT2D eigenvalue weighted by molar-refractivity contribution is -0.161. The molecule has 0 bridgehead atoms. The van der Waals surface area contributed by atoms with Gasteiger partial charge < -0.3 is 33.8 Å². The SMILES string of the molecule is CCC(C)CCCCCCCCCCCCCCCCCCCCC(=O)O[C@H](COC(=O)CCCCCCCCCC(C)C)COP(=O)(O)OCC(O)COP(=O)(O)OC[C@@H](COC(=O)CCCCCCCCCC(C)C)OC(=O)CCCCCCCCCCC(C)CC. The van der Waals surface area contributed by atoms with Crippen LogP contribution < -0.4 is 0 Å². The van der Waals surface area contributed by atoms with Crippen LogP contribution in [0.3, 0.4) is 0 Å². The van der Waals surface area contributed by atoms with Crippen molar-refractivity contribution in [3.05, 3.63) is 0 Å². The van der Waals surface area contributed by atoms with Gasteiger partial charge in [-0.05, 0) is 49.4 Å². The number of hydrogen-bond acceptors (Lipinski definition) is 15. The van der Waals surface area contributed by atoms with Crippen LogP contribution in [0.25, 0.3) is 0 Å². The van der Waals surface area contributed by atoms with Crippen LogP contribution in [0.5, 0.6) is 0 Å². The highest BCUT2D eigenvalue weighted by molar-refractivity contribution is 7.47. The molecule has 5 unspecified atom stereocenters. The molecule has 0 aromatic heterocycles. The number of aliphatic hydroxyl groups is 1. The van der Waals surface area contributed by atoms with Gasteiger partial charge in [0.25, 0.3) is 0 Å². The number of phosphoric acid groups is 2. The summed E-state index contributed by atoms with van der Waals surface area (Å²) in [5, 5.41) is 10.6. The zero-order valence-electron chi connectivity index (χ0n) is 61.6. The minimum atomic E-state index is -4.96. The molecule has 0 aromatic rings.